The molecule has 12 heteroatoms. The molecule has 1 amide bonds. The maximum Gasteiger partial charge on any atom is 0.419 e. The highest BCUT2D eigenvalue weighted by Crippen LogP contribution is 2.37. The van der Waals surface area contributed by atoms with Crippen molar-refractivity contribution in [2.24, 2.45) is 0 Å². The number of fused-ring (bicyclic) bond motifs is 3. The molecule has 0 bridgehead atoms. The van der Waals surface area contributed by atoms with E-state index < -0.39 is 17.8 Å². The van der Waals surface area contributed by atoms with Gasteiger partial charge in [-0.1, -0.05) is 6.07 Å². The highest BCUT2D eigenvalue weighted by atomic mass is 19.4. The molecule has 4 heterocycles. The maximum atomic E-state index is 13.5. The van der Waals surface area contributed by atoms with Gasteiger partial charge in [-0.2, -0.15) is 18.3 Å². The number of carbonyl (C=O) groups is 1. The summed E-state index contributed by atoms with van der Waals surface area (Å²) < 4.78 is 42.0. The zero-order valence-electron chi connectivity index (χ0n) is 17.6. The smallest absolute Gasteiger partial charge is 0.419 e. The van der Waals surface area contributed by atoms with Crippen molar-refractivity contribution in [2.75, 3.05) is 18.4 Å². The molecule has 1 aliphatic rings. The molecule has 0 radical (unpaired) electrons. The van der Waals surface area contributed by atoms with Crippen LogP contribution in [0, 0.1) is 0 Å². The third-order valence-electron chi connectivity index (χ3n) is 6.01. The number of nitrogens with one attached hydrogen (secondary N) is 2. The molecule has 0 atom stereocenters. The van der Waals surface area contributed by atoms with Crippen LogP contribution in [0.15, 0.2) is 47.4 Å². The summed E-state index contributed by atoms with van der Waals surface area (Å²) in [6.07, 6.45) is -3.28. The third-order valence-corrected chi connectivity index (χ3v) is 6.01. The molecule has 0 unspecified atom stereocenters. The van der Waals surface area contributed by atoms with E-state index in [0.29, 0.717) is 53.9 Å². The van der Waals surface area contributed by atoms with Gasteiger partial charge in [0.2, 0.25) is 0 Å². The molecule has 3 aromatic heterocycles. The van der Waals surface area contributed by atoms with Gasteiger partial charge >= 0.3 is 12.3 Å². The van der Waals surface area contributed by atoms with E-state index >= 15 is 0 Å². The van der Waals surface area contributed by atoms with Gasteiger partial charge in [-0.3, -0.25) is 4.79 Å². The number of likely N-dealkylation sites (tertiary alicyclic amines) is 1. The lowest BCUT2D eigenvalue weighted by Gasteiger charge is -2.30. The van der Waals surface area contributed by atoms with Gasteiger partial charge in [0, 0.05) is 31.3 Å². The Labute approximate surface area is 189 Å². The second kappa shape index (κ2) is 8.04. The van der Waals surface area contributed by atoms with Crippen LogP contribution in [0.3, 0.4) is 0 Å². The molecule has 34 heavy (non-hydrogen) atoms. The van der Waals surface area contributed by atoms with Crippen LogP contribution in [0.25, 0.3) is 16.6 Å². The van der Waals surface area contributed by atoms with Crippen molar-refractivity contribution in [3.05, 3.63) is 64.2 Å². The summed E-state index contributed by atoms with van der Waals surface area (Å²) in [5.41, 5.74) is 0.452. The second-order valence-electron chi connectivity index (χ2n) is 8.08. The summed E-state index contributed by atoms with van der Waals surface area (Å²) in [5.74, 6) is -0.458. The fourth-order valence-electron chi connectivity index (χ4n) is 4.41. The number of hydrogen-bond donors (Lipinski definition) is 3. The van der Waals surface area contributed by atoms with Crippen LogP contribution in [0.5, 0.6) is 0 Å². The van der Waals surface area contributed by atoms with Crippen LogP contribution < -0.4 is 10.9 Å². The van der Waals surface area contributed by atoms with Crippen LogP contribution in [-0.4, -0.2) is 48.8 Å². The van der Waals surface area contributed by atoms with Gasteiger partial charge in [0.05, 0.1) is 27.8 Å². The van der Waals surface area contributed by atoms with Crippen molar-refractivity contribution in [1.82, 2.24) is 24.5 Å². The lowest BCUT2D eigenvalue weighted by Crippen LogP contribution is -2.37. The van der Waals surface area contributed by atoms with Gasteiger partial charge < -0.3 is 20.3 Å². The molecular weight excluding hydrogens is 453 g/mol. The average Bonchev–Trinajstić information content (AvgIpc) is 3.17. The van der Waals surface area contributed by atoms with E-state index in [9.17, 15) is 27.9 Å². The Morgan fingerprint density at radius 2 is 1.94 bits per heavy atom. The van der Waals surface area contributed by atoms with Crippen LogP contribution in [0.4, 0.5) is 29.5 Å². The normalized spacial score (nSPS) is 15.2. The SMILES string of the molecule is O=C(O)N1CCC(c2cc(=O)[nH]c3c4c(Nc5ncccc5C(F)(F)F)cccc4nn23)CC1. The number of carboxylic acid groups (broad SMARTS) is 1. The summed E-state index contributed by atoms with van der Waals surface area (Å²) in [7, 11) is 0. The zero-order valence-corrected chi connectivity index (χ0v) is 17.6. The third kappa shape index (κ3) is 3.80. The fourth-order valence-corrected chi connectivity index (χ4v) is 4.41. The Balaban J connectivity index is 1.61. The number of alkyl halides is 3. The molecular formula is C22H19F3N6O3. The first-order chi connectivity index (χ1) is 16.2. The minimum absolute atomic E-state index is 0.0984. The number of anilines is 2. The zero-order chi connectivity index (χ0) is 24.0. The van der Waals surface area contributed by atoms with Crippen LogP contribution in [-0.2, 0) is 6.18 Å². The number of benzene rings is 1. The van der Waals surface area contributed by atoms with E-state index in [1.165, 1.54) is 23.2 Å². The largest absolute Gasteiger partial charge is 0.465 e. The quantitative estimate of drug-likeness (QED) is 0.412. The minimum atomic E-state index is -4.60. The summed E-state index contributed by atoms with van der Waals surface area (Å²) in [6.45, 7) is 0.670. The predicted octanol–water partition coefficient (Wildman–Crippen LogP) is 4.19. The summed E-state index contributed by atoms with van der Waals surface area (Å²) in [6, 6.07) is 8.53. The number of halogens is 3. The van der Waals surface area contributed by atoms with E-state index in [1.54, 1.807) is 22.7 Å². The number of aromatic nitrogens is 4. The first-order valence-electron chi connectivity index (χ1n) is 10.5. The van der Waals surface area contributed by atoms with Crippen LogP contribution in [0.2, 0.25) is 0 Å². The lowest BCUT2D eigenvalue weighted by atomic mass is 9.93. The van der Waals surface area contributed by atoms with Crippen molar-refractivity contribution < 1.29 is 23.1 Å². The highest BCUT2D eigenvalue weighted by molar-refractivity contribution is 6.03. The molecule has 0 saturated carbocycles. The number of rotatable bonds is 3. The first-order valence-corrected chi connectivity index (χ1v) is 10.5. The van der Waals surface area contributed by atoms with Gasteiger partial charge in [-0.25, -0.2) is 14.3 Å². The molecule has 9 nitrogen and oxygen atoms in total. The highest BCUT2D eigenvalue weighted by Gasteiger charge is 2.34. The first kappa shape index (κ1) is 21.7. The van der Waals surface area contributed by atoms with Crippen molar-refractivity contribution in [2.45, 2.75) is 24.9 Å². The Morgan fingerprint density at radius 1 is 1.18 bits per heavy atom. The lowest BCUT2D eigenvalue weighted by molar-refractivity contribution is -0.137. The van der Waals surface area contributed by atoms with Gasteiger partial charge in [-0.05, 0) is 37.1 Å². The number of amides is 1. The molecule has 1 aromatic carbocycles. The van der Waals surface area contributed by atoms with E-state index in [1.807, 2.05) is 0 Å². The number of piperidine rings is 1. The Kier molecular flexibility index (Phi) is 5.14. The van der Waals surface area contributed by atoms with Gasteiger partial charge in [0.15, 0.2) is 0 Å². The average molecular weight is 472 g/mol. The van der Waals surface area contributed by atoms with Crippen molar-refractivity contribution in [3.63, 3.8) is 0 Å². The molecule has 0 aliphatic carbocycles. The second-order valence-corrected chi connectivity index (χ2v) is 8.08. The molecule has 0 spiro atoms. The molecule has 3 N–H and O–H groups in total. The number of H-pyrrole nitrogens is 1. The fraction of sp³-hybridized carbons (Fsp3) is 0.273. The van der Waals surface area contributed by atoms with Crippen LogP contribution in [0.1, 0.15) is 30.0 Å². The van der Waals surface area contributed by atoms with E-state index in [4.69, 9.17) is 0 Å². The maximum absolute atomic E-state index is 13.5. The van der Waals surface area contributed by atoms with Gasteiger partial charge in [0.25, 0.3) is 5.56 Å². The van der Waals surface area contributed by atoms with E-state index in [2.05, 4.69) is 20.4 Å². The van der Waals surface area contributed by atoms with E-state index in [0.717, 1.165) is 6.07 Å². The van der Waals surface area contributed by atoms with Gasteiger partial charge in [-0.15, -0.1) is 0 Å². The van der Waals surface area contributed by atoms with Crippen molar-refractivity contribution in [1.29, 1.82) is 0 Å². The monoisotopic (exact) mass is 472 g/mol. The van der Waals surface area contributed by atoms with Gasteiger partial charge in [0.1, 0.15) is 11.5 Å². The summed E-state index contributed by atoms with van der Waals surface area (Å²) in [5, 5.41) is 17.0. The molecule has 5 rings (SSSR count). The van der Waals surface area contributed by atoms with Crippen molar-refractivity contribution in [3.8, 4) is 0 Å². The van der Waals surface area contributed by atoms with E-state index in [-0.39, 0.29) is 17.3 Å². The number of pyridine rings is 1. The molecule has 1 saturated heterocycles. The Hall–Kier alpha value is -4.09. The summed E-state index contributed by atoms with van der Waals surface area (Å²) in [4.78, 5) is 31.7. The Morgan fingerprint density at radius 3 is 2.65 bits per heavy atom. The standard InChI is InChI=1S/C22H19F3N6O3/c23-22(24,25)13-3-2-8-26-19(13)27-14-4-1-5-15-18(14)20-28-17(32)11-16(31(20)29-15)12-6-9-30(10-7-12)21(33)34/h1-5,8,11-12H,6-7,9-10H2,(H,26,27)(H,28,32)(H,33,34). The Bertz CT molecular complexity index is 1450. The number of nitrogens with zero attached hydrogens (tertiary/aromatic N) is 4. The minimum Gasteiger partial charge on any atom is -0.465 e. The molecule has 4 aromatic rings. The molecule has 176 valence electrons. The number of aromatic amines is 1. The molecule has 1 fully saturated rings. The molecule has 1 aliphatic heterocycles. The summed E-state index contributed by atoms with van der Waals surface area (Å²) >= 11 is 0. The predicted molar refractivity (Wildman–Crippen MR) is 117 cm³/mol. The topological polar surface area (TPSA) is 116 Å². The van der Waals surface area contributed by atoms with Crippen molar-refractivity contribution >= 4 is 34.1 Å². The van der Waals surface area contributed by atoms with Crippen LogP contribution >= 0.6 is 0 Å². The number of hydrogen-bond acceptors (Lipinski definition) is 5.